The van der Waals surface area contributed by atoms with Gasteiger partial charge in [0.15, 0.2) is 22.9 Å². The molecule has 0 bridgehead atoms. The van der Waals surface area contributed by atoms with Gasteiger partial charge in [-0.05, 0) is 31.2 Å². The molecule has 1 atom stereocenters. The number of carbonyl (C=O) groups is 2. The maximum absolute atomic E-state index is 13.8. The van der Waals surface area contributed by atoms with E-state index in [9.17, 15) is 14.0 Å². The van der Waals surface area contributed by atoms with Crippen molar-refractivity contribution in [3.8, 4) is 11.3 Å². The van der Waals surface area contributed by atoms with E-state index in [0.717, 1.165) is 0 Å². The summed E-state index contributed by atoms with van der Waals surface area (Å²) in [5, 5.41) is 2.67. The molecule has 7 nitrogen and oxygen atoms in total. The molecule has 9 heteroatoms. The highest BCUT2D eigenvalue weighted by Gasteiger charge is 2.19. The Bertz CT molecular complexity index is 1020. The summed E-state index contributed by atoms with van der Waals surface area (Å²) >= 11 is 5.88. The highest BCUT2D eigenvalue weighted by atomic mass is 35.5. The molecule has 0 saturated carbocycles. The third kappa shape index (κ3) is 5.39. The zero-order valence-electron chi connectivity index (χ0n) is 15.4. The maximum Gasteiger partial charge on any atom is 0.307 e. The summed E-state index contributed by atoms with van der Waals surface area (Å²) in [5.41, 5.74) is 0.607. The van der Waals surface area contributed by atoms with E-state index in [1.54, 1.807) is 30.3 Å². The molecular weight excluding hydrogens is 401 g/mol. The lowest BCUT2D eigenvalue weighted by molar-refractivity contribution is -0.153. The van der Waals surface area contributed by atoms with E-state index in [0.29, 0.717) is 5.69 Å². The summed E-state index contributed by atoms with van der Waals surface area (Å²) in [6.45, 7) is 1.44. The van der Waals surface area contributed by atoms with E-state index in [2.05, 4.69) is 15.3 Å². The van der Waals surface area contributed by atoms with Crippen LogP contribution in [0.25, 0.3) is 11.3 Å². The van der Waals surface area contributed by atoms with Gasteiger partial charge < -0.3 is 14.5 Å². The van der Waals surface area contributed by atoms with Crippen molar-refractivity contribution in [1.29, 1.82) is 0 Å². The Morgan fingerprint density at radius 1 is 1.24 bits per heavy atom. The van der Waals surface area contributed by atoms with Crippen molar-refractivity contribution >= 4 is 29.2 Å². The van der Waals surface area contributed by atoms with Crippen LogP contribution in [0.3, 0.4) is 0 Å². The fourth-order valence-electron chi connectivity index (χ4n) is 2.44. The summed E-state index contributed by atoms with van der Waals surface area (Å²) in [4.78, 5) is 32.0. The van der Waals surface area contributed by atoms with Crippen molar-refractivity contribution in [2.75, 3.05) is 5.32 Å². The van der Waals surface area contributed by atoms with Crippen LogP contribution in [-0.2, 0) is 20.7 Å². The third-order valence-electron chi connectivity index (χ3n) is 3.93. The molecule has 1 aromatic carbocycles. The van der Waals surface area contributed by atoms with Gasteiger partial charge in [-0.2, -0.15) is 0 Å². The van der Waals surface area contributed by atoms with Gasteiger partial charge in [-0.15, -0.1) is 0 Å². The first-order valence-corrected chi connectivity index (χ1v) is 9.12. The average Bonchev–Trinajstić information content (AvgIpc) is 3.17. The monoisotopic (exact) mass is 417 g/mol. The van der Waals surface area contributed by atoms with Crippen molar-refractivity contribution in [1.82, 2.24) is 9.97 Å². The predicted octanol–water partition coefficient (Wildman–Crippen LogP) is 4.03. The smallest absolute Gasteiger partial charge is 0.307 e. The van der Waals surface area contributed by atoms with Crippen LogP contribution in [-0.4, -0.2) is 27.9 Å². The van der Waals surface area contributed by atoms with Crippen LogP contribution in [0.4, 0.5) is 10.1 Å². The van der Waals surface area contributed by atoms with Crippen LogP contribution in [0, 0.1) is 5.82 Å². The van der Waals surface area contributed by atoms with Gasteiger partial charge in [-0.25, -0.2) is 14.4 Å². The normalized spacial score (nSPS) is 11.7. The van der Waals surface area contributed by atoms with Gasteiger partial charge in [0.2, 0.25) is 0 Å². The van der Waals surface area contributed by atoms with E-state index < -0.39 is 23.8 Å². The SMILES string of the molecule is C[C@@H](OC(=O)CCc1ncc(-c2ccccc2F)o1)C(=O)Nc1cccnc1Cl. The van der Waals surface area contributed by atoms with Crippen LogP contribution < -0.4 is 5.32 Å². The van der Waals surface area contributed by atoms with Crippen LogP contribution in [0.2, 0.25) is 5.15 Å². The van der Waals surface area contributed by atoms with Crippen molar-refractivity contribution in [3.05, 3.63) is 65.7 Å². The lowest BCUT2D eigenvalue weighted by atomic mass is 10.2. The molecule has 0 fully saturated rings. The van der Waals surface area contributed by atoms with Gasteiger partial charge >= 0.3 is 5.97 Å². The molecule has 0 aliphatic rings. The Balaban J connectivity index is 1.50. The van der Waals surface area contributed by atoms with Gasteiger partial charge in [0, 0.05) is 12.6 Å². The lowest BCUT2D eigenvalue weighted by Gasteiger charge is -2.13. The van der Waals surface area contributed by atoms with Gasteiger partial charge in [-0.1, -0.05) is 23.7 Å². The second-order valence-electron chi connectivity index (χ2n) is 6.06. The molecule has 2 aromatic heterocycles. The molecule has 150 valence electrons. The van der Waals surface area contributed by atoms with Crippen molar-refractivity contribution in [2.24, 2.45) is 0 Å². The summed E-state index contributed by atoms with van der Waals surface area (Å²) in [7, 11) is 0. The molecule has 1 amide bonds. The second kappa shape index (κ2) is 9.29. The number of hydrogen-bond donors (Lipinski definition) is 1. The van der Waals surface area contributed by atoms with Crippen LogP contribution in [0.5, 0.6) is 0 Å². The van der Waals surface area contributed by atoms with Crippen LogP contribution in [0.1, 0.15) is 19.2 Å². The molecule has 3 aromatic rings. The zero-order valence-corrected chi connectivity index (χ0v) is 16.1. The topological polar surface area (TPSA) is 94.3 Å². The minimum atomic E-state index is -1.03. The maximum atomic E-state index is 13.8. The number of oxazole rings is 1. The Hall–Kier alpha value is -3.26. The number of halogens is 2. The molecule has 0 radical (unpaired) electrons. The molecule has 3 rings (SSSR count). The molecule has 2 heterocycles. The highest BCUT2D eigenvalue weighted by Crippen LogP contribution is 2.23. The first-order valence-electron chi connectivity index (χ1n) is 8.74. The number of benzene rings is 1. The molecule has 29 heavy (non-hydrogen) atoms. The molecule has 0 spiro atoms. The van der Waals surface area contributed by atoms with E-state index in [1.165, 1.54) is 25.4 Å². The first-order chi connectivity index (χ1) is 13.9. The number of aryl methyl sites for hydroxylation is 1. The van der Waals surface area contributed by atoms with Gasteiger partial charge in [0.25, 0.3) is 5.91 Å². The first kappa shape index (κ1) is 20.5. The van der Waals surface area contributed by atoms with E-state index in [4.69, 9.17) is 20.8 Å². The number of aromatic nitrogens is 2. The van der Waals surface area contributed by atoms with Crippen molar-refractivity contribution in [2.45, 2.75) is 25.9 Å². The number of rotatable bonds is 7. The van der Waals surface area contributed by atoms with E-state index in [-0.39, 0.29) is 35.2 Å². The van der Waals surface area contributed by atoms with Crippen LogP contribution in [0.15, 0.2) is 53.2 Å². The van der Waals surface area contributed by atoms with E-state index in [1.807, 2.05) is 0 Å². The fraction of sp³-hybridized carbons (Fsp3) is 0.200. The number of nitrogens with one attached hydrogen (secondary N) is 1. The summed E-state index contributed by atoms with van der Waals surface area (Å²) in [6.07, 6.45) is 1.95. The van der Waals surface area contributed by atoms with E-state index >= 15 is 0 Å². The molecule has 0 aliphatic heterocycles. The summed E-state index contributed by atoms with van der Waals surface area (Å²) in [6, 6.07) is 9.35. The number of pyridine rings is 1. The van der Waals surface area contributed by atoms with Gasteiger partial charge in [0.1, 0.15) is 5.82 Å². The number of hydrogen-bond acceptors (Lipinski definition) is 6. The number of anilines is 1. The standard InChI is InChI=1S/C20H17ClFN3O4/c1-12(20(27)25-15-7-4-10-23-19(15)21)28-18(26)9-8-17-24-11-16(29-17)13-5-2-3-6-14(13)22/h2-7,10-12H,8-9H2,1H3,(H,25,27)/t12-/m1/s1. The zero-order chi connectivity index (χ0) is 20.8. The second-order valence-corrected chi connectivity index (χ2v) is 6.42. The largest absolute Gasteiger partial charge is 0.453 e. The molecule has 1 N–H and O–H groups in total. The van der Waals surface area contributed by atoms with Gasteiger partial charge in [0.05, 0.1) is 23.9 Å². The Morgan fingerprint density at radius 3 is 2.79 bits per heavy atom. The summed E-state index contributed by atoms with van der Waals surface area (Å²) in [5.74, 6) is -1.03. The lowest BCUT2D eigenvalue weighted by Crippen LogP contribution is -2.30. The summed E-state index contributed by atoms with van der Waals surface area (Å²) < 4.78 is 24.4. The average molecular weight is 418 g/mol. The minimum absolute atomic E-state index is 0.0531. The number of nitrogens with zero attached hydrogens (tertiary/aromatic N) is 2. The van der Waals surface area contributed by atoms with Crippen molar-refractivity contribution in [3.63, 3.8) is 0 Å². The number of ether oxygens (including phenoxy) is 1. The Kier molecular flexibility index (Phi) is 6.56. The third-order valence-corrected chi connectivity index (χ3v) is 4.23. The number of amides is 1. The molecule has 0 aliphatic carbocycles. The molecular formula is C20H17ClFN3O4. The Labute approximate surface area is 170 Å². The fourth-order valence-corrected chi connectivity index (χ4v) is 2.61. The quantitative estimate of drug-likeness (QED) is 0.460. The predicted molar refractivity (Wildman–Crippen MR) is 104 cm³/mol. The Morgan fingerprint density at radius 2 is 2.03 bits per heavy atom. The number of carbonyl (C=O) groups excluding carboxylic acids is 2. The van der Waals surface area contributed by atoms with Crippen LogP contribution >= 0.6 is 11.6 Å². The number of esters is 1. The van der Waals surface area contributed by atoms with Crippen molar-refractivity contribution < 1.29 is 23.1 Å². The molecule has 0 saturated heterocycles. The minimum Gasteiger partial charge on any atom is -0.453 e. The van der Waals surface area contributed by atoms with Gasteiger partial charge in [-0.3, -0.25) is 9.59 Å². The highest BCUT2D eigenvalue weighted by molar-refractivity contribution is 6.32. The molecule has 0 unspecified atom stereocenters.